The molecule has 0 amide bonds. The summed E-state index contributed by atoms with van der Waals surface area (Å²) in [4.78, 5) is 0. The van der Waals surface area contributed by atoms with Crippen molar-refractivity contribution in [3.05, 3.63) is 120 Å². The van der Waals surface area contributed by atoms with Crippen LogP contribution in [0.2, 0.25) is 0 Å². The summed E-state index contributed by atoms with van der Waals surface area (Å²) in [5, 5.41) is 0. The normalized spacial score (nSPS) is 10.7. The van der Waals surface area contributed by atoms with Crippen molar-refractivity contribution in [1.29, 1.82) is 0 Å². The van der Waals surface area contributed by atoms with Crippen LogP contribution in [0.25, 0.3) is 22.3 Å². The Hall–Kier alpha value is -3.99. The van der Waals surface area contributed by atoms with Crippen molar-refractivity contribution in [1.82, 2.24) is 0 Å². The minimum atomic E-state index is -1.03. The highest BCUT2D eigenvalue weighted by atomic mass is 19.2. The number of aryl methyl sites for hydroxylation is 1. The lowest BCUT2D eigenvalue weighted by atomic mass is 10.0. The second kappa shape index (κ2) is 10.3. The average Bonchev–Trinajstić information content (AvgIpc) is 2.85. The number of halogens is 3. The van der Waals surface area contributed by atoms with E-state index in [1.54, 1.807) is 54.6 Å². The molecule has 4 rings (SSSR count). The smallest absolute Gasteiger partial charge is 0.201 e. The van der Waals surface area contributed by atoms with Gasteiger partial charge in [0.25, 0.3) is 0 Å². The molecule has 0 heterocycles. The Balaban J connectivity index is 1.45. The Morgan fingerprint density at radius 1 is 0.735 bits per heavy atom. The molecule has 0 spiro atoms. The first-order valence-electron chi connectivity index (χ1n) is 10.8. The van der Waals surface area contributed by atoms with Crippen LogP contribution in [-0.4, -0.2) is 6.61 Å². The van der Waals surface area contributed by atoms with Gasteiger partial charge >= 0.3 is 0 Å². The highest BCUT2D eigenvalue weighted by molar-refractivity contribution is 5.66. The van der Waals surface area contributed by atoms with Gasteiger partial charge in [0.15, 0.2) is 11.6 Å². The molecule has 4 aromatic rings. The fraction of sp³-hybridized carbons (Fsp3) is 0.103. The molecule has 0 aliphatic carbocycles. The summed E-state index contributed by atoms with van der Waals surface area (Å²) in [6, 6.07) is 21.8. The van der Waals surface area contributed by atoms with Gasteiger partial charge in [0, 0.05) is 17.2 Å². The van der Waals surface area contributed by atoms with E-state index < -0.39 is 17.5 Å². The van der Waals surface area contributed by atoms with E-state index >= 15 is 0 Å². The van der Waals surface area contributed by atoms with Gasteiger partial charge < -0.3 is 9.47 Å². The summed E-state index contributed by atoms with van der Waals surface area (Å²) in [6.07, 6.45) is 1.59. The Morgan fingerprint density at radius 3 is 2.06 bits per heavy atom. The number of hydrogen-bond acceptors (Lipinski definition) is 2. The van der Waals surface area contributed by atoms with Crippen LogP contribution in [0.1, 0.15) is 11.1 Å². The van der Waals surface area contributed by atoms with Crippen LogP contribution in [-0.2, 0) is 6.61 Å². The minimum Gasteiger partial charge on any atom is -0.489 e. The molecule has 172 valence electrons. The minimum absolute atomic E-state index is 0.0390. The van der Waals surface area contributed by atoms with Crippen molar-refractivity contribution < 1.29 is 22.6 Å². The fourth-order valence-corrected chi connectivity index (χ4v) is 3.52. The zero-order valence-corrected chi connectivity index (χ0v) is 18.7. The SMILES string of the molecule is C=CCOc1ccc(-c2ccc(COc3ccc(-c4ccc(C)cc4)c(F)c3F)cc2)c(F)c1. The number of hydrogen-bond donors (Lipinski definition) is 0. The predicted molar refractivity (Wildman–Crippen MR) is 128 cm³/mol. The van der Waals surface area contributed by atoms with Gasteiger partial charge in [-0.2, -0.15) is 4.39 Å². The van der Waals surface area contributed by atoms with Gasteiger partial charge in [-0.3, -0.25) is 0 Å². The molecule has 0 radical (unpaired) electrons. The van der Waals surface area contributed by atoms with Crippen molar-refractivity contribution in [2.45, 2.75) is 13.5 Å². The molecule has 0 fully saturated rings. The van der Waals surface area contributed by atoms with E-state index in [0.29, 0.717) is 29.0 Å². The summed E-state index contributed by atoms with van der Waals surface area (Å²) in [5.74, 6) is -2.13. The largest absolute Gasteiger partial charge is 0.489 e. The molecular formula is C29H23F3O2. The highest BCUT2D eigenvalue weighted by Gasteiger charge is 2.16. The average molecular weight is 460 g/mol. The molecule has 0 bridgehead atoms. The van der Waals surface area contributed by atoms with Crippen LogP contribution in [0, 0.1) is 24.4 Å². The van der Waals surface area contributed by atoms with Crippen molar-refractivity contribution in [3.8, 4) is 33.8 Å². The van der Waals surface area contributed by atoms with Gasteiger partial charge in [-0.25, -0.2) is 8.78 Å². The van der Waals surface area contributed by atoms with Gasteiger partial charge in [0.1, 0.15) is 24.8 Å². The lowest BCUT2D eigenvalue weighted by Crippen LogP contribution is -2.00. The summed E-state index contributed by atoms with van der Waals surface area (Å²) < 4.78 is 54.6. The standard InChI is InChI=1S/C29H23F3O2/c1-3-16-33-23-12-13-24(26(30)17-23)21-10-6-20(7-11-21)18-34-27-15-14-25(28(31)29(27)32)22-8-4-19(2)5-9-22/h3-15,17H,1,16,18H2,2H3. The molecule has 0 aromatic heterocycles. The third-order valence-corrected chi connectivity index (χ3v) is 5.38. The van der Waals surface area contributed by atoms with Crippen LogP contribution in [0.4, 0.5) is 13.2 Å². The first-order chi connectivity index (χ1) is 16.5. The van der Waals surface area contributed by atoms with Gasteiger partial charge in [-0.15, -0.1) is 0 Å². The van der Waals surface area contributed by atoms with Crippen molar-refractivity contribution in [2.75, 3.05) is 6.61 Å². The van der Waals surface area contributed by atoms with E-state index in [0.717, 1.165) is 11.1 Å². The number of benzene rings is 4. The Morgan fingerprint density at radius 2 is 1.38 bits per heavy atom. The molecule has 5 heteroatoms. The third-order valence-electron chi connectivity index (χ3n) is 5.38. The maximum absolute atomic E-state index is 14.6. The fourth-order valence-electron chi connectivity index (χ4n) is 3.52. The highest BCUT2D eigenvalue weighted by Crippen LogP contribution is 2.31. The molecule has 0 unspecified atom stereocenters. The zero-order valence-electron chi connectivity index (χ0n) is 18.7. The number of ether oxygens (including phenoxy) is 2. The second-order valence-corrected chi connectivity index (χ2v) is 7.83. The van der Waals surface area contributed by atoms with Gasteiger partial charge in [0.05, 0.1) is 0 Å². The molecule has 4 aromatic carbocycles. The topological polar surface area (TPSA) is 18.5 Å². The molecule has 0 N–H and O–H groups in total. The van der Waals surface area contributed by atoms with Gasteiger partial charge in [-0.05, 0) is 47.9 Å². The Kier molecular flexibility index (Phi) is 7.02. The Labute approximate surface area is 196 Å². The van der Waals surface area contributed by atoms with E-state index in [2.05, 4.69) is 6.58 Å². The first kappa shape index (κ1) is 23.2. The summed E-state index contributed by atoms with van der Waals surface area (Å²) in [5.41, 5.74) is 3.65. The van der Waals surface area contributed by atoms with Crippen LogP contribution in [0.5, 0.6) is 11.5 Å². The lowest BCUT2D eigenvalue weighted by Gasteiger charge is -2.12. The summed E-state index contributed by atoms with van der Waals surface area (Å²) in [6.45, 7) is 5.83. The second-order valence-electron chi connectivity index (χ2n) is 7.83. The van der Waals surface area contributed by atoms with E-state index in [1.807, 2.05) is 19.1 Å². The summed E-state index contributed by atoms with van der Waals surface area (Å²) in [7, 11) is 0. The Bertz CT molecular complexity index is 1300. The molecule has 0 aliphatic rings. The summed E-state index contributed by atoms with van der Waals surface area (Å²) >= 11 is 0. The molecule has 0 saturated carbocycles. The zero-order chi connectivity index (χ0) is 24.1. The van der Waals surface area contributed by atoms with E-state index in [4.69, 9.17) is 9.47 Å². The predicted octanol–water partition coefficient (Wildman–Crippen LogP) is 7.89. The van der Waals surface area contributed by atoms with Crippen molar-refractivity contribution in [3.63, 3.8) is 0 Å². The van der Waals surface area contributed by atoms with Crippen molar-refractivity contribution >= 4 is 0 Å². The molecule has 0 atom stereocenters. The lowest BCUT2D eigenvalue weighted by molar-refractivity contribution is 0.285. The van der Waals surface area contributed by atoms with Crippen molar-refractivity contribution in [2.24, 2.45) is 0 Å². The molecule has 0 saturated heterocycles. The monoisotopic (exact) mass is 460 g/mol. The molecule has 34 heavy (non-hydrogen) atoms. The van der Waals surface area contributed by atoms with Crippen LogP contribution < -0.4 is 9.47 Å². The van der Waals surface area contributed by atoms with E-state index in [-0.39, 0.29) is 17.9 Å². The van der Waals surface area contributed by atoms with Gasteiger partial charge in [-0.1, -0.05) is 66.7 Å². The van der Waals surface area contributed by atoms with Crippen LogP contribution >= 0.6 is 0 Å². The van der Waals surface area contributed by atoms with Gasteiger partial charge in [0.2, 0.25) is 5.82 Å². The number of rotatable bonds is 8. The molecular weight excluding hydrogens is 437 g/mol. The van der Waals surface area contributed by atoms with E-state index in [1.165, 1.54) is 18.2 Å². The molecule has 2 nitrogen and oxygen atoms in total. The maximum atomic E-state index is 14.6. The first-order valence-corrected chi connectivity index (χ1v) is 10.8. The van der Waals surface area contributed by atoms with Crippen LogP contribution in [0.3, 0.4) is 0 Å². The maximum Gasteiger partial charge on any atom is 0.201 e. The van der Waals surface area contributed by atoms with Crippen LogP contribution in [0.15, 0.2) is 91.5 Å². The third kappa shape index (κ3) is 5.15. The van der Waals surface area contributed by atoms with E-state index in [9.17, 15) is 13.2 Å². The molecule has 0 aliphatic heterocycles. The quantitative estimate of drug-likeness (QED) is 0.249.